The molecule has 1 aromatic carbocycles. The fourth-order valence-electron chi connectivity index (χ4n) is 2.86. The molecule has 0 aliphatic carbocycles. The summed E-state index contributed by atoms with van der Waals surface area (Å²) in [6.45, 7) is 3.55. The van der Waals surface area contributed by atoms with Crippen LogP contribution in [-0.2, 0) is 17.1 Å². The first-order valence-electron chi connectivity index (χ1n) is 8.64. The summed E-state index contributed by atoms with van der Waals surface area (Å²) in [5.74, 6) is 0.387. The van der Waals surface area contributed by atoms with Gasteiger partial charge in [0.2, 0.25) is 10.0 Å². The van der Waals surface area contributed by atoms with Gasteiger partial charge in [0.1, 0.15) is 5.82 Å². The van der Waals surface area contributed by atoms with Gasteiger partial charge in [-0.05, 0) is 31.5 Å². The van der Waals surface area contributed by atoms with E-state index in [0.717, 1.165) is 11.3 Å². The lowest BCUT2D eigenvalue weighted by molar-refractivity contribution is 0.599. The molecule has 8 heteroatoms. The van der Waals surface area contributed by atoms with Gasteiger partial charge in [-0.25, -0.2) is 13.1 Å². The van der Waals surface area contributed by atoms with Gasteiger partial charge in [0.05, 0.1) is 17.1 Å². The van der Waals surface area contributed by atoms with Crippen molar-refractivity contribution in [3.8, 4) is 16.9 Å². The highest BCUT2D eigenvalue weighted by Gasteiger charge is 2.17. The maximum Gasteiger partial charge on any atom is 0.253 e. The second-order valence-electron chi connectivity index (χ2n) is 6.41. The van der Waals surface area contributed by atoms with Gasteiger partial charge in [0.15, 0.2) is 0 Å². The van der Waals surface area contributed by atoms with E-state index in [0.29, 0.717) is 23.5 Å². The van der Waals surface area contributed by atoms with Crippen molar-refractivity contribution in [2.24, 2.45) is 7.05 Å². The third-order valence-electron chi connectivity index (χ3n) is 4.10. The monoisotopic (exact) mass is 386 g/mol. The molecule has 0 amide bonds. The molecule has 0 atom stereocenters. The zero-order valence-corrected chi connectivity index (χ0v) is 16.3. The summed E-state index contributed by atoms with van der Waals surface area (Å²) < 4.78 is 30.2. The summed E-state index contributed by atoms with van der Waals surface area (Å²) in [7, 11) is -1.79. The number of sulfonamides is 1. The van der Waals surface area contributed by atoms with Crippen molar-refractivity contribution >= 4 is 15.8 Å². The Labute approximate surface area is 158 Å². The second kappa shape index (κ2) is 7.40. The van der Waals surface area contributed by atoms with E-state index in [1.807, 2.05) is 37.3 Å². The Kier molecular flexibility index (Phi) is 5.18. The first kappa shape index (κ1) is 18.9. The number of hydrogen-bond acceptors (Lipinski definition) is 4. The highest BCUT2D eigenvalue weighted by atomic mass is 32.2. The minimum Gasteiger partial charge on any atom is -0.318 e. The molecule has 0 radical (unpaired) electrons. The average molecular weight is 386 g/mol. The smallest absolute Gasteiger partial charge is 0.253 e. The van der Waals surface area contributed by atoms with Gasteiger partial charge < -0.3 is 4.57 Å². The minimum absolute atomic E-state index is 0.0290. The van der Waals surface area contributed by atoms with Crippen LogP contribution in [0, 0.1) is 6.92 Å². The summed E-state index contributed by atoms with van der Waals surface area (Å²) in [5.41, 5.74) is 2.56. The number of benzene rings is 1. The molecule has 142 valence electrons. The molecule has 3 rings (SSSR count). The number of aryl methyl sites for hydroxylation is 2. The molecule has 0 aliphatic rings. The largest absolute Gasteiger partial charge is 0.318 e. The average Bonchev–Trinajstić information content (AvgIpc) is 3.03. The maximum atomic E-state index is 12.3. The van der Waals surface area contributed by atoms with Crippen LogP contribution >= 0.6 is 0 Å². The number of hydrogen-bond donors (Lipinski definition) is 1. The fraction of sp³-hybridized carbons (Fsp3) is 0.263. The number of anilines is 1. The van der Waals surface area contributed by atoms with Crippen LogP contribution in [0.5, 0.6) is 0 Å². The van der Waals surface area contributed by atoms with Crippen molar-refractivity contribution in [2.75, 3.05) is 10.5 Å². The molecule has 0 fully saturated rings. The Morgan fingerprint density at radius 2 is 1.85 bits per heavy atom. The Balaban J connectivity index is 2.14. The summed E-state index contributed by atoms with van der Waals surface area (Å²) in [4.78, 5) is 12.0. The van der Waals surface area contributed by atoms with Gasteiger partial charge in [0, 0.05) is 30.4 Å². The third-order valence-corrected chi connectivity index (χ3v) is 5.57. The van der Waals surface area contributed by atoms with Crippen LogP contribution in [0.3, 0.4) is 0 Å². The third kappa shape index (κ3) is 4.11. The van der Waals surface area contributed by atoms with Gasteiger partial charge >= 0.3 is 0 Å². The maximum absolute atomic E-state index is 12.3. The lowest BCUT2D eigenvalue weighted by Gasteiger charge is -2.09. The van der Waals surface area contributed by atoms with Gasteiger partial charge in [-0.2, -0.15) is 5.10 Å². The molecule has 7 nitrogen and oxygen atoms in total. The molecule has 0 aliphatic heterocycles. The number of para-hydroxylation sites is 1. The van der Waals surface area contributed by atoms with Crippen LogP contribution in [0.4, 0.5) is 5.82 Å². The molecule has 0 saturated carbocycles. The number of pyridine rings is 1. The molecular weight excluding hydrogens is 364 g/mol. The topological polar surface area (TPSA) is 86.0 Å². The first-order valence-corrected chi connectivity index (χ1v) is 10.3. The van der Waals surface area contributed by atoms with Crippen LogP contribution in [0.15, 0.2) is 53.5 Å². The molecule has 3 aromatic rings. The number of aromatic nitrogens is 3. The van der Waals surface area contributed by atoms with Crippen LogP contribution in [0.2, 0.25) is 0 Å². The van der Waals surface area contributed by atoms with E-state index in [1.165, 1.54) is 4.57 Å². The summed E-state index contributed by atoms with van der Waals surface area (Å²) in [6.07, 6.45) is 2.21. The van der Waals surface area contributed by atoms with Gasteiger partial charge in [0.25, 0.3) is 5.56 Å². The van der Waals surface area contributed by atoms with E-state index in [9.17, 15) is 13.2 Å². The number of nitrogens with zero attached hydrogens (tertiary/aromatic N) is 3. The molecule has 27 heavy (non-hydrogen) atoms. The Hall–Kier alpha value is -2.87. The minimum atomic E-state index is -3.47. The second-order valence-corrected chi connectivity index (χ2v) is 8.25. The van der Waals surface area contributed by atoms with Crippen LogP contribution in [-0.4, -0.2) is 28.5 Å². The van der Waals surface area contributed by atoms with E-state index in [4.69, 9.17) is 0 Å². The Morgan fingerprint density at radius 3 is 2.48 bits per heavy atom. The van der Waals surface area contributed by atoms with Gasteiger partial charge in [-0.15, -0.1) is 0 Å². The van der Waals surface area contributed by atoms with Crippen molar-refractivity contribution < 1.29 is 8.42 Å². The van der Waals surface area contributed by atoms with Crippen molar-refractivity contribution in [3.05, 3.63) is 64.6 Å². The predicted octanol–water partition coefficient (Wildman–Crippen LogP) is 2.70. The molecule has 2 aromatic heterocycles. The number of rotatable bonds is 6. The predicted molar refractivity (Wildman–Crippen MR) is 107 cm³/mol. The van der Waals surface area contributed by atoms with E-state index >= 15 is 0 Å². The molecule has 0 saturated heterocycles. The van der Waals surface area contributed by atoms with Crippen LogP contribution in [0.1, 0.15) is 18.9 Å². The molecule has 0 spiro atoms. The van der Waals surface area contributed by atoms with Crippen LogP contribution < -0.4 is 10.3 Å². The first-order chi connectivity index (χ1) is 12.8. The van der Waals surface area contributed by atoms with E-state index < -0.39 is 10.0 Å². The highest BCUT2D eigenvalue weighted by molar-refractivity contribution is 7.92. The fourth-order valence-corrected chi connectivity index (χ4v) is 3.96. The van der Waals surface area contributed by atoms with Crippen molar-refractivity contribution in [1.29, 1.82) is 0 Å². The van der Waals surface area contributed by atoms with E-state index in [-0.39, 0.29) is 11.3 Å². The molecule has 0 unspecified atom stereocenters. The highest BCUT2D eigenvalue weighted by Crippen LogP contribution is 2.25. The van der Waals surface area contributed by atoms with Gasteiger partial charge in [-0.1, -0.05) is 25.1 Å². The SMILES string of the molecule is CCCS(=O)(=O)Nc1cc(-c2cc(C)c(=O)n(C)c2)nn1-c1ccccc1. The Morgan fingerprint density at radius 1 is 1.15 bits per heavy atom. The lowest BCUT2D eigenvalue weighted by atomic mass is 10.1. The Bertz CT molecular complexity index is 1090. The van der Waals surface area contributed by atoms with Crippen LogP contribution in [0.25, 0.3) is 16.9 Å². The summed E-state index contributed by atoms with van der Waals surface area (Å²) >= 11 is 0. The van der Waals surface area contributed by atoms with Crippen molar-refractivity contribution in [1.82, 2.24) is 14.3 Å². The van der Waals surface area contributed by atoms with E-state index in [2.05, 4.69) is 9.82 Å². The molecular formula is C19H22N4O3S. The quantitative estimate of drug-likeness (QED) is 0.706. The lowest BCUT2D eigenvalue weighted by Crippen LogP contribution is -2.18. The zero-order chi connectivity index (χ0) is 19.6. The zero-order valence-electron chi connectivity index (χ0n) is 15.5. The molecule has 0 bridgehead atoms. The van der Waals surface area contributed by atoms with Crippen molar-refractivity contribution in [3.63, 3.8) is 0 Å². The van der Waals surface area contributed by atoms with Crippen molar-refractivity contribution in [2.45, 2.75) is 20.3 Å². The van der Waals surface area contributed by atoms with Gasteiger partial charge in [-0.3, -0.25) is 9.52 Å². The summed E-state index contributed by atoms with van der Waals surface area (Å²) in [6, 6.07) is 12.7. The standard InChI is InChI=1S/C19H22N4O3S/c1-4-10-27(25,26)21-18-12-17(15-11-14(2)19(24)22(3)13-15)20-23(18)16-8-6-5-7-9-16/h5-9,11-13,21H,4,10H2,1-3H3. The molecule has 2 heterocycles. The molecule has 1 N–H and O–H groups in total. The number of nitrogens with one attached hydrogen (secondary N) is 1. The summed E-state index contributed by atoms with van der Waals surface area (Å²) in [5, 5.41) is 4.58. The van der Waals surface area contributed by atoms with E-state index in [1.54, 1.807) is 37.0 Å². The normalized spacial score (nSPS) is 11.5.